The van der Waals surface area contributed by atoms with Gasteiger partial charge in [-0.15, -0.1) is 0 Å². The van der Waals surface area contributed by atoms with Crippen LogP contribution in [0.1, 0.15) is 51.2 Å². The third kappa shape index (κ3) is 4.33. The van der Waals surface area contributed by atoms with Crippen LogP contribution in [0.4, 0.5) is 11.4 Å². The van der Waals surface area contributed by atoms with Gasteiger partial charge in [0.1, 0.15) is 0 Å². The summed E-state index contributed by atoms with van der Waals surface area (Å²) in [7, 11) is 0. The van der Waals surface area contributed by atoms with Crippen LogP contribution in [0.2, 0.25) is 0 Å². The van der Waals surface area contributed by atoms with E-state index >= 15 is 0 Å². The van der Waals surface area contributed by atoms with E-state index < -0.39 is 0 Å². The molecule has 2 unspecified atom stereocenters. The summed E-state index contributed by atoms with van der Waals surface area (Å²) in [6, 6.07) is 4.95. The van der Waals surface area contributed by atoms with E-state index in [0.29, 0.717) is 22.0 Å². The van der Waals surface area contributed by atoms with Crippen LogP contribution in [-0.4, -0.2) is 19.1 Å². The fraction of sp³-hybridized carbons (Fsp3) is 0.500. The van der Waals surface area contributed by atoms with Crippen molar-refractivity contribution in [1.82, 2.24) is 5.32 Å². The number of aryl methyl sites for hydroxylation is 1. The molecule has 2 aliphatic heterocycles. The van der Waals surface area contributed by atoms with Crippen molar-refractivity contribution in [3.05, 3.63) is 45.1 Å². The van der Waals surface area contributed by atoms with Gasteiger partial charge in [0.05, 0.1) is 10.1 Å². The SMILES string of the molecule is C/C=C(Cl)\C(Cl)=C(/C)Nc1cc(C)c2c(c1)C1CNCCC1N2.CC. The highest BCUT2D eigenvalue weighted by Crippen LogP contribution is 2.42. The zero-order valence-electron chi connectivity index (χ0n) is 15.8. The maximum atomic E-state index is 6.29. The van der Waals surface area contributed by atoms with Crippen LogP contribution in [0, 0.1) is 6.92 Å². The van der Waals surface area contributed by atoms with Crippen molar-refractivity contribution in [2.75, 3.05) is 23.7 Å². The summed E-state index contributed by atoms with van der Waals surface area (Å²) in [6.07, 6.45) is 2.97. The lowest BCUT2D eigenvalue weighted by Gasteiger charge is -2.26. The molecule has 0 radical (unpaired) electrons. The predicted octanol–water partition coefficient (Wildman–Crippen LogP) is 5.92. The molecule has 1 saturated heterocycles. The molecule has 3 rings (SSSR count). The van der Waals surface area contributed by atoms with E-state index in [4.69, 9.17) is 23.2 Å². The molecular formula is C20H29Cl2N3. The molecule has 3 nitrogen and oxygen atoms in total. The van der Waals surface area contributed by atoms with Crippen molar-refractivity contribution in [2.45, 2.75) is 53.0 Å². The minimum Gasteiger partial charge on any atom is -0.381 e. The van der Waals surface area contributed by atoms with Crippen LogP contribution >= 0.6 is 23.2 Å². The van der Waals surface area contributed by atoms with Crippen LogP contribution in [-0.2, 0) is 0 Å². The summed E-state index contributed by atoms with van der Waals surface area (Å²) in [5.74, 6) is 0.540. The summed E-state index contributed by atoms with van der Waals surface area (Å²) in [5.41, 5.74) is 5.88. The number of hydrogen-bond donors (Lipinski definition) is 3. The Kier molecular flexibility index (Phi) is 7.24. The molecule has 3 N–H and O–H groups in total. The van der Waals surface area contributed by atoms with Gasteiger partial charge in [-0.2, -0.15) is 0 Å². The molecule has 2 heterocycles. The number of allylic oxidation sites excluding steroid dienone is 4. The standard InChI is InChI=1S/C18H23Cl2N3.C2H6/c1-4-15(19)17(20)11(3)22-12-7-10(2)18-13(8-12)14-9-21-6-5-16(14)23-18;1-2/h4,7-8,14,16,21-23H,5-6,9H2,1-3H3;1-2H3/b15-4+,17-11-;. The number of fused-ring (bicyclic) bond motifs is 3. The lowest BCUT2D eigenvalue weighted by Crippen LogP contribution is -2.38. The molecule has 2 atom stereocenters. The van der Waals surface area contributed by atoms with Gasteiger partial charge in [0, 0.05) is 35.6 Å². The maximum absolute atomic E-state index is 6.29. The van der Waals surface area contributed by atoms with Crippen LogP contribution < -0.4 is 16.0 Å². The molecule has 138 valence electrons. The van der Waals surface area contributed by atoms with Gasteiger partial charge in [-0.3, -0.25) is 0 Å². The Bertz CT molecular complexity index is 680. The van der Waals surface area contributed by atoms with Crippen LogP contribution in [0.15, 0.2) is 34.0 Å². The van der Waals surface area contributed by atoms with Gasteiger partial charge >= 0.3 is 0 Å². The topological polar surface area (TPSA) is 36.1 Å². The van der Waals surface area contributed by atoms with Gasteiger partial charge in [-0.25, -0.2) is 0 Å². The van der Waals surface area contributed by atoms with Crippen molar-refractivity contribution >= 4 is 34.6 Å². The quantitative estimate of drug-likeness (QED) is 0.568. The average Bonchev–Trinajstić information content (AvgIpc) is 3.01. The zero-order valence-corrected chi connectivity index (χ0v) is 17.3. The Morgan fingerprint density at radius 1 is 1.28 bits per heavy atom. The largest absolute Gasteiger partial charge is 0.381 e. The van der Waals surface area contributed by atoms with Gasteiger partial charge in [0.2, 0.25) is 0 Å². The number of benzene rings is 1. The molecule has 1 aromatic carbocycles. The predicted molar refractivity (Wildman–Crippen MR) is 112 cm³/mol. The highest BCUT2D eigenvalue weighted by molar-refractivity contribution is 6.44. The van der Waals surface area contributed by atoms with Crippen LogP contribution in [0.3, 0.4) is 0 Å². The molecule has 0 amide bonds. The highest BCUT2D eigenvalue weighted by Gasteiger charge is 2.34. The fourth-order valence-corrected chi connectivity index (χ4v) is 3.79. The number of piperidine rings is 1. The van der Waals surface area contributed by atoms with Gasteiger partial charge in [0.15, 0.2) is 0 Å². The second-order valence-electron chi connectivity index (χ2n) is 6.31. The van der Waals surface area contributed by atoms with E-state index in [2.05, 4.69) is 35.0 Å². The molecule has 25 heavy (non-hydrogen) atoms. The van der Waals surface area contributed by atoms with E-state index in [1.807, 2.05) is 27.7 Å². The lowest BCUT2D eigenvalue weighted by molar-refractivity contribution is 0.440. The minimum absolute atomic E-state index is 0.540. The van der Waals surface area contributed by atoms with Crippen molar-refractivity contribution in [3.63, 3.8) is 0 Å². The first-order valence-electron chi connectivity index (χ1n) is 9.08. The Labute approximate surface area is 161 Å². The molecule has 0 bridgehead atoms. The Balaban J connectivity index is 0.00000109. The summed E-state index contributed by atoms with van der Waals surface area (Å²) in [6.45, 7) is 12.1. The first kappa shape index (κ1) is 20.2. The molecule has 0 saturated carbocycles. The summed E-state index contributed by atoms with van der Waals surface area (Å²) >= 11 is 12.4. The third-order valence-electron chi connectivity index (χ3n) is 4.70. The third-order valence-corrected chi connectivity index (χ3v) is 5.69. The molecule has 5 heteroatoms. The number of nitrogens with one attached hydrogen (secondary N) is 3. The van der Waals surface area contributed by atoms with Gasteiger partial charge < -0.3 is 16.0 Å². The first-order valence-corrected chi connectivity index (χ1v) is 9.84. The van der Waals surface area contributed by atoms with E-state index in [1.54, 1.807) is 6.08 Å². The molecular weight excluding hydrogens is 353 g/mol. The molecule has 1 fully saturated rings. The Morgan fingerprint density at radius 2 is 2.00 bits per heavy atom. The average molecular weight is 382 g/mol. The first-order chi connectivity index (χ1) is 12.0. The van der Waals surface area contributed by atoms with Gasteiger partial charge in [0.25, 0.3) is 0 Å². The number of anilines is 2. The molecule has 0 spiro atoms. The van der Waals surface area contributed by atoms with Crippen molar-refractivity contribution in [3.8, 4) is 0 Å². The van der Waals surface area contributed by atoms with Crippen molar-refractivity contribution in [1.29, 1.82) is 0 Å². The number of hydrogen-bond acceptors (Lipinski definition) is 3. The molecule has 1 aromatic rings. The van der Waals surface area contributed by atoms with E-state index in [1.165, 1.54) is 23.2 Å². The van der Waals surface area contributed by atoms with Gasteiger partial charge in [-0.1, -0.05) is 43.1 Å². The van der Waals surface area contributed by atoms with E-state index in [0.717, 1.165) is 24.5 Å². The second-order valence-corrected chi connectivity index (χ2v) is 7.09. The lowest BCUT2D eigenvalue weighted by atomic mass is 9.89. The number of halogens is 2. The molecule has 0 aliphatic carbocycles. The summed E-state index contributed by atoms with van der Waals surface area (Å²) in [4.78, 5) is 0. The smallest absolute Gasteiger partial charge is 0.0778 e. The molecule has 0 aromatic heterocycles. The van der Waals surface area contributed by atoms with Crippen molar-refractivity contribution in [2.24, 2.45) is 0 Å². The van der Waals surface area contributed by atoms with Gasteiger partial charge in [-0.05, 0) is 57.0 Å². The maximum Gasteiger partial charge on any atom is 0.0778 e. The Hall–Kier alpha value is -1.16. The fourth-order valence-electron chi connectivity index (χ4n) is 3.50. The zero-order chi connectivity index (χ0) is 18.6. The Morgan fingerprint density at radius 3 is 2.68 bits per heavy atom. The highest BCUT2D eigenvalue weighted by atomic mass is 35.5. The van der Waals surface area contributed by atoms with Crippen LogP contribution in [0.5, 0.6) is 0 Å². The minimum atomic E-state index is 0.540. The molecule has 2 aliphatic rings. The van der Waals surface area contributed by atoms with E-state index in [9.17, 15) is 0 Å². The van der Waals surface area contributed by atoms with Crippen molar-refractivity contribution < 1.29 is 0 Å². The normalized spacial score (nSPS) is 22.8. The monoisotopic (exact) mass is 381 g/mol. The summed E-state index contributed by atoms with van der Waals surface area (Å²) in [5, 5.41) is 11.7. The number of rotatable bonds is 3. The van der Waals surface area contributed by atoms with E-state index in [-0.39, 0.29) is 0 Å². The second kappa shape index (κ2) is 8.98. The summed E-state index contributed by atoms with van der Waals surface area (Å²) < 4.78 is 0. The van der Waals surface area contributed by atoms with Crippen LogP contribution in [0.25, 0.3) is 0 Å².